The fourth-order valence-electron chi connectivity index (χ4n) is 2.03. The van der Waals surface area contributed by atoms with E-state index in [0.29, 0.717) is 28.7 Å². The Morgan fingerprint density at radius 3 is 2.75 bits per heavy atom. The van der Waals surface area contributed by atoms with Gasteiger partial charge >= 0.3 is 0 Å². The second-order valence-corrected chi connectivity index (χ2v) is 5.77. The highest BCUT2D eigenvalue weighted by molar-refractivity contribution is 6.32. The van der Waals surface area contributed by atoms with Gasteiger partial charge in [0.25, 0.3) is 0 Å². The van der Waals surface area contributed by atoms with Crippen molar-refractivity contribution in [2.45, 2.75) is 25.8 Å². The van der Waals surface area contributed by atoms with E-state index >= 15 is 0 Å². The van der Waals surface area contributed by atoms with Gasteiger partial charge in [-0.15, -0.1) is 0 Å². The minimum Gasteiger partial charge on any atom is -0.493 e. The largest absolute Gasteiger partial charge is 0.493 e. The average molecular weight is 353 g/mol. The summed E-state index contributed by atoms with van der Waals surface area (Å²) in [4.78, 5) is 23.3. The van der Waals surface area contributed by atoms with Crippen LogP contribution in [0.15, 0.2) is 18.2 Å². The lowest BCUT2D eigenvalue weighted by atomic mass is 10.2. The van der Waals surface area contributed by atoms with E-state index in [1.54, 1.807) is 18.2 Å². The molecule has 1 aliphatic rings. The van der Waals surface area contributed by atoms with Crippen LogP contribution in [-0.2, 0) is 9.59 Å². The number of hydrogen-bond donors (Lipinski definition) is 2. The number of ether oxygens (including phenoxy) is 2. The van der Waals surface area contributed by atoms with Gasteiger partial charge in [-0.05, 0) is 43.5 Å². The molecule has 0 bridgehead atoms. The summed E-state index contributed by atoms with van der Waals surface area (Å²) in [5, 5.41) is 5.73. The highest BCUT2D eigenvalue weighted by Gasteiger charge is 2.22. The molecule has 2 amide bonds. The molecule has 0 radical (unpaired) electrons. The Bertz CT molecular complexity index is 642. The molecule has 7 heteroatoms. The lowest BCUT2D eigenvalue weighted by molar-refractivity contribution is -0.124. The third-order valence-corrected chi connectivity index (χ3v) is 3.61. The van der Waals surface area contributed by atoms with E-state index in [1.807, 2.05) is 6.92 Å². The molecule has 0 aromatic heterocycles. The summed E-state index contributed by atoms with van der Waals surface area (Å²) in [5.74, 6) is 0.434. The van der Waals surface area contributed by atoms with Gasteiger partial charge in [0, 0.05) is 12.1 Å². The van der Waals surface area contributed by atoms with Crippen molar-refractivity contribution in [2.75, 3.05) is 20.3 Å². The molecule has 1 saturated carbocycles. The highest BCUT2D eigenvalue weighted by atomic mass is 35.5. The monoisotopic (exact) mass is 352 g/mol. The Hall–Kier alpha value is -2.21. The molecule has 1 aromatic carbocycles. The predicted octanol–water partition coefficient (Wildman–Crippen LogP) is 2.16. The van der Waals surface area contributed by atoms with Gasteiger partial charge in [0.1, 0.15) is 0 Å². The second-order valence-electron chi connectivity index (χ2n) is 5.36. The first-order chi connectivity index (χ1) is 11.5. The summed E-state index contributed by atoms with van der Waals surface area (Å²) < 4.78 is 10.7. The topological polar surface area (TPSA) is 76.7 Å². The van der Waals surface area contributed by atoms with E-state index in [0.717, 1.165) is 12.8 Å². The molecular weight excluding hydrogens is 332 g/mol. The van der Waals surface area contributed by atoms with Crippen molar-refractivity contribution >= 4 is 29.5 Å². The van der Waals surface area contributed by atoms with Crippen molar-refractivity contribution in [1.82, 2.24) is 10.6 Å². The average Bonchev–Trinajstić information content (AvgIpc) is 3.37. The molecule has 1 aromatic rings. The summed E-state index contributed by atoms with van der Waals surface area (Å²) in [5.41, 5.74) is 0.692. The minimum atomic E-state index is -0.357. The maximum absolute atomic E-state index is 11.8. The van der Waals surface area contributed by atoms with Crippen LogP contribution < -0.4 is 20.1 Å². The molecule has 1 fully saturated rings. The van der Waals surface area contributed by atoms with Crippen LogP contribution in [0.1, 0.15) is 25.3 Å². The minimum absolute atomic E-state index is 0.0347. The SMILES string of the molecule is CCOc1c(Cl)cc(/C=C/C(=O)NCC(=O)NC2CC2)cc1OC. The summed E-state index contributed by atoms with van der Waals surface area (Å²) >= 11 is 6.17. The number of methoxy groups -OCH3 is 1. The van der Waals surface area contributed by atoms with Crippen LogP contribution in [0, 0.1) is 0 Å². The standard InChI is InChI=1S/C17H21ClN2O4/c1-3-24-17-13(18)8-11(9-14(17)23-2)4-7-15(21)19-10-16(22)20-12-5-6-12/h4,7-9,12H,3,5-6,10H2,1-2H3,(H,19,21)(H,20,22)/b7-4+. The van der Waals surface area contributed by atoms with Gasteiger partial charge in [-0.3, -0.25) is 9.59 Å². The third kappa shape index (κ3) is 5.45. The van der Waals surface area contributed by atoms with Gasteiger partial charge in [-0.1, -0.05) is 11.6 Å². The molecule has 0 aliphatic heterocycles. The summed E-state index contributed by atoms with van der Waals surface area (Å²) in [6, 6.07) is 3.68. The van der Waals surface area contributed by atoms with Crippen molar-refractivity contribution in [2.24, 2.45) is 0 Å². The van der Waals surface area contributed by atoms with Crippen LogP contribution in [0.3, 0.4) is 0 Å². The fraction of sp³-hybridized carbons (Fsp3) is 0.412. The number of nitrogens with one attached hydrogen (secondary N) is 2. The summed E-state index contributed by atoms with van der Waals surface area (Å²) in [7, 11) is 1.52. The fourth-order valence-corrected chi connectivity index (χ4v) is 2.30. The molecule has 24 heavy (non-hydrogen) atoms. The van der Waals surface area contributed by atoms with Gasteiger partial charge in [0.2, 0.25) is 11.8 Å². The number of carbonyl (C=O) groups is 2. The Balaban J connectivity index is 1.93. The van der Waals surface area contributed by atoms with E-state index in [2.05, 4.69) is 10.6 Å². The van der Waals surface area contributed by atoms with E-state index in [4.69, 9.17) is 21.1 Å². The zero-order valence-electron chi connectivity index (χ0n) is 13.7. The summed E-state index contributed by atoms with van der Waals surface area (Å²) in [6.45, 7) is 2.29. The highest BCUT2D eigenvalue weighted by Crippen LogP contribution is 2.36. The molecule has 2 N–H and O–H groups in total. The molecule has 0 heterocycles. The Morgan fingerprint density at radius 1 is 1.38 bits per heavy atom. The lowest BCUT2D eigenvalue weighted by Crippen LogP contribution is -2.37. The molecule has 0 saturated heterocycles. The molecule has 130 valence electrons. The third-order valence-electron chi connectivity index (χ3n) is 3.33. The number of rotatable bonds is 8. The second kappa shape index (κ2) is 8.59. The van der Waals surface area contributed by atoms with Crippen LogP contribution in [0.2, 0.25) is 5.02 Å². The van der Waals surface area contributed by atoms with E-state index < -0.39 is 0 Å². The molecule has 0 atom stereocenters. The van der Waals surface area contributed by atoms with Crippen molar-refractivity contribution in [3.8, 4) is 11.5 Å². The zero-order valence-corrected chi connectivity index (χ0v) is 14.5. The number of carbonyl (C=O) groups excluding carboxylic acids is 2. The van der Waals surface area contributed by atoms with E-state index in [-0.39, 0.29) is 24.4 Å². The van der Waals surface area contributed by atoms with Gasteiger partial charge in [-0.25, -0.2) is 0 Å². The van der Waals surface area contributed by atoms with Crippen LogP contribution >= 0.6 is 11.6 Å². The molecule has 2 rings (SSSR count). The normalized spacial score (nSPS) is 13.6. The first-order valence-corrected chi connectivity index (χ1v) is 8.17. The Morgan fingerprint density at radius 2 is 2.12 bits per heavy atom. The molecular formula is C17H21ClN2O4. The smallest absolute Gasteiger partial charge is 0.244 e. The Labute approximate surface area is 146 Å². The van der Waals surface area contributed by atoms with Gasteiger partial charge in [0.15, 0.2) is 11.5 Å². The van der Waals surface area contributed by atoms with E-state index in [9.17, 15) is 9.59 Å². The van der Waals surface area contributed by atoms with Crippen LogP contribution in [-0.4, -0.2) is 38.1 Å². The molecule has 0 unspecified atom stereocenters. The number of halogens is 1. The van der Waals surface area contributed by atoms with Crippen LogP contribution in [0.5, 0.6) is 11.5 Å². The first-order valence-electron chi connectivity index (χ1n) is 7.79. The van der Waals surface area contributed by atoms with Crippen LogP contribution in [0.4, 0.5) is 0 Å². The van der Waals surface area contributed by atoms with Crippen molar-refractivity contribution in [3.05, 3.63) is 28.8 Å². The van der Waals surface area contributed by atoms with E-state index in [1.165, 1.54) is 13.2 Å². The molecule has 0 spiro atoms. The Kier molecular flexibility index (Phi) is 6.49. The first kappa shape index (κ1) is 18.1. The van der Waals surface area contributed by atoms with Gasteiger partial charge < -0.3 is 20.1 Å². The predicted molar refractivity (Wildman–Crippen MR) is 92.4 cm³/mol. The van der Waals surface area contributed by atoms with Gasteiger partial charge in [0.05, 0.1) is 25.3 Å². The maximum Gasteiger partial charge on any atom is 0.244 e. The van der Waals surface area contributed by atoms with Crippen molar-refractivity contribution in [1.29, 1.82) is 0 Å². The maximum atomic E-state index is 11.8. The van der Waals surface area contributed by atoms with Crippen molar-refractivity contribution < 1.29 is 19.1 Å². The summed E-state index contributed by atoms with van der Waals surface area (Å²) in [6.07, 6.45) is 4.97. The van der Waals surface area contributed by atoms with Gasteiger partial charge in [-0.2, -0.15) is 0 Å². The number of amides is 2. The number of benzene rings is 1. The quantitative estimate of drug-likeness (QED) is 0.703. The molecule has 6 nitrogen and oxygen atoms in total. The molecule has 1 aliphatic carbocycles. The zero-order chi connectivity index (χ0) is 17.5. The van der Waals surface area contributed by atoms with Crippen LogP contribution in [0.25, 0.3) is 6.08 Å². The lowest BCUT2D eigenvalue weighted by Gasteiger charge is -2.11. The van der Waals surface area contributed by atoms with Crippen molar-refractivity contribution in [3.63, 3.8) is 0 Å². The number of hydrogen-bond acceptors (Lipinski definition) is 4.